The van der Waals surface area contributed by atoms with E-state index in [-0.39, 0.29) is 6.04 Å². The first kappa shape index (κ1) is 11.8. The summed E-state index contributed by atoms with van der Waals surface area (Å²) < 4.78 is 35.6. The number of nitrogens with one attached hydrogen (secondary N) is 1. The van der Waals surface area contributed by atoms with Gasteiger partial charge < -0.3 is 10.2 Å². The molecule has 0 atom stereocenters. The van der Waals surface area contributed by atoms with Crippen LogP contribution in [0.15, 0.2) is 0 Å². The monoisotopic (exact) mass is 210 g/mol. The number of halogens is 3. The number of likely N-dealkylation sites (tertiary alicyclic amines) is 1. The van der Waals surface area contributed by atoms with Gasteiger partial charge >= 0.3 is 6.18 Å². The summed E-state index contributed by atoms with van der Waals surface area (Å²) in [5, 5.41) is 2.55. The van der Waals surface area contributed by atoms with Gasteiger partial charge in [-0.3, -0.25) is 0 Å². The van der Waals surface area contributed by atoms with Gasteiger partial charge in [0.05, 0.1) is 6.54 Å². The van der Waals surface area contributed by atoms with Crippen LogP contribution in [-0.4, -0.2) is 43.3 Å². The maximum atomic E-state index is 11.9. The summed E-state index contributed by atoms with van der Waals surface area (Å²) in [6, 6.07) is 0.0411. The van der Waals surface area contributed by atoms with Crippen molar-refractivity contribution in [1.29, 1.82) is 0 Å². The number of hydrogen-bond donors (Lipinski definition) is 1. The van der Waals surface area contributed by atoms with E-state index in [0.29, 0.717) is 0 Å². The highest BCUT2D eigenvalue weighted by Crippen LogP contribution is 2.15. The van der Waals surface area contributed by atoms with Crippen LogP contribution in [0.5, 0.6) is 0 Å². The molecule has 5 heteroatoms. The lowest BCUT2D eigenvalue weighted by Gasteiger charge is -2.31. The largest absolute Gasteiger partial charge is 0.401 e. The molecule has 0 saturated carbocycles. The molecule has 1 fully saturated rings. The van der Waals surface area contributed by atoms with Crippen molar-refractivity contribution in [2.24, 2.45) is 0 Å². The zero-order valence-corrected chi connectivity index (χ0v) is 8.40. The molecule has 0 unspecified atom stereocenters. The molecule has 0 spiro atoms. The van der Waals surface area contributed by atoms with Crippen molar-refractivity contribution in [1.82, 2.24) is 10.2 Å². The highest BCUT2D eigenvalue weighted by Gasteiger charge is 2.28. The maximum absolute atomic E-state index is 11.9. The van der Waals surface area contributed by atoms with E-state index in [4.69, 9.17) is 0 Å². The van der Waals surface area contributed by atoms with Crippen LogP contribution < -0.4 is 5.32 Å². The van der Waals surface area contributed by atoms with Gasteiger partial charge in [-0.25, -0.2) is 0 Å². The van der Waals surface area contributed by atoms with Gasteiger partial charge in [-0.1, -0.05) is 6.92 Å². The van der Waals surface area contributed by atoms with Crippen LogP contribution in [0.3, 0.4) is 0 Å². The molecule has 0 bridgehead atoms. The Morgan fingerprint density at radius 3 is 2.29 bits per heavy atom. The number of alkyl halides is 3. The summed E-state index contributed by atoms with van der Waals surface area (Å²) in [4.78, 5) is 2.26. The van der Waals surface area contributed by atoms with E-state index in [1.54, 1.807) is 0 Å². The van der Waals surface area contributed by atoms with Crippen molar-refractivity contribution in [2.75, 3.05) is 26.2 Å². The van der Waals surface area contributed by atoms with E-state index in [2.05, 4.69) is 17.1 Å². The maximum Gasteiger partial charge on any atom is 0.401 e. The quantitative estimate of drug-likeness (QED) is 0.761. The molecule has 0 amide bonds. The molecule has 0 aliphatic carbocycles. The van der Waals surface area contributed by atoms with Crippen LogP contribution in [-0.2, 0) is 0 Å². The van der Waals surface area contributed by atoms with Gasteiger partial charge in [0.25, 0.3) is 0 Å². The van der Waals surface area contributed by atoms with Crippen LogP contribution >= 0.6 is 0 Å². The van der Waals surface area contributed by atoms with Gasteiger partial charge in [0.1, 0.15) is 0 Å². The first-order valence-corrected chi connectivity index (χ1v) is 5.04. The Kier molecular flexibility index (Phi) is 4.19. The van der Waals surface area contributed by atoms with E-state index in [9.17, 15) is 13.2 Å². The molecule has 0 aromatic carbocycles. The zero-order valence-electron chi connectivity index (χ0n) is 8.40. The van der Waals surface area contributed by atoms with Crippen molar-refractivity contribution >= 4 is 0 Å². The molecule has 0 aromatic rings. The number of hydrogen-bond acceptors (Lipinski definition) is 2. The minimum absolute atomic E-state index is 0.0411. The van der Waals surface area contributed by atoms with Gasteiger partial charge in [-0.2, -0.15) is 13.2 Å². The average molecular weight is 210 g/mol. The van der Waals surface area contributed by atoms with Gasteiger partial charge in [-0.15, -0.1) is 0 Å². The second-order valence-corrected chi connectivity index (χ2v) is 3.70. The molecule has 1 heterocycles. The minimum Gasteiger partial charge on any atom is -0.306 e. The van der Waals surface area contributed by atoms with Crippen LogP contribution in [0, 0.1) is 0 Å². The Morgan fingerprint density at radius 2 is 1.86 bits per heavy atom. The predicted molar refractivity (Wildman–Crippen MR) is 49.2 cm³/mol. The molecule has 1 N–H and O–H groups in total. The molecular weight excluding hydrogens is 193 g/mol. The SMILES string of the molecule is CCN1CCC(NCC(F)(F)F)CC1. The van der Waals surface area contributed by atoms with Crippen molar-refractivity contribution in [2.45, 2.75) is 32.0 Å². The first-order chi connectivity index (χ1) is 6.51. The molecule has 1 aliphatic heterocycles. The molecule has 2 nitrogen and oxygen atoms in total. The second kappa shape index (κ2) is 4.98. The molecule has 1 saturated heterocycles. The van der Waals surface area contributed by atoms with Gasteiger partial charge in [0.2, 0.25) is 0 Å². The third kappa shape index (κ3) is 4.28. The van der Waals surface area contributed by atoms with Gasteiger partial charge in [-0.05, 0) is 32.5 Å². The highest BCUT2D eigenvalue weighted by atomic mass is 19.4. The predicted octanol–water partition coefficient (Wildman–Crippen LogP) is 1.62. The molecule has 84 valence electrons. The normalized spacial score (nSPS) is 21.4. The lowest BCUT2D eigenvalue weighted by molar-refractivity contribution is -0.126. The van der Waals surface area contributed by atoms with Gasteiger partial charge in [0, 0.05) is 6.04 Å². The molecule has 14 heavy (non-hydrogen) atoms. The van der Waals surface area contributed by atoms with Crippen molar-refractivity contribution in [3.8, 4) is 0 Å². The number of piperidine rings is 1. The van der Waals surface area contributed by atoms with E-state index in [0.717, 1.165) is 32.5 Å². The van der Waals surface area contributed by atoms with Crippen molar-refractivity contribution in [3.05, 3.63) is 0 Å². The van der Waals surface area contributed by atoms with E-state index in [1.807, 2.05) is 0 Å². The fraction of sp³-hybridized carbons (Fsp3) is 1.00. The Bertz CT molecular complexity index is 162. The summed E-state index contributed by atoms with van der Waals surface area (Å²) >= 11 is 0. The third-order valence-corrected chi connectivity index (χ3v) is 2.63. The summed E-state index contributed by atoms with van der Waals surface area (Å²) in [5.41, 5.74) is 0. The Hall–Kier alpha value is -0.290. The summed E-state index contributed by atoms with van der Waals surface area (Å²) in [7, 11) is 0. The standard InChI is InChI=1S/C9H17F3N2/c1-2-14-5-3-8(4-6-14)13-7-9(10,11)12/h8,13H,2-7H2,1H3. The van der Waals surface area contributed by atoms with Crippen LogP contribution in [0.2, 0.25) is 0 Å². The van der Waals surface area contributed by atoms with Crippen molar-refractivity contribution < 1.29 is 13.2 Å². The van der Waals surface area contributed by atoms with Crippen molar-refractivity contribution in [3.63, 3.8) is 0 Å². The molecule has 0 aromatic heterocycles. The third-order valence-electron chi connectivity index (χ3n) is 2.63. The lowest BCUT2D eigenvalue weighted by atomic mass is 10.1. The Morgan fingerprint density at radius 1 is 1.29 bits per heavy atom. The van der Waals surface area contributed by atoms with E-state index < -0.39 is 12.7 Å². The fourth-order valence-electron chi connectivity index (χ4n) is 1.71. The zero-order chi connectivity index (χ0) is 10.6. The Balaban J connectivity index is 2.16. The number of nitrogens with zero attached hydrogens (tertiary/aromatic N) is 1. The molecular formula is C9H17F3N2. The fourth-order valence-corrected chi connectivity index (χ4v) is 1.71. The summed E-state index contributed by atoms with van der Waals surface area (Å²) in [5.74, 6) is 0. The van der Waals surface area contributed by atoms with Crippen LogP contribution in [0.25, 0.3) is 0 Å². The smallest absolute Gasteiger partial charge is 0.306 e. The average Bonchev–Trinajstić information content (AvgIpc) is 2.14. The van der Waals surface area contributed by atoms with E-state index in [1.165, 1.54) is 0 Å². The van der Waals surface area contributed by atoms with E-state index >= 15 is 0 Å². The molecule has 1 rings (SSSR count). The Labute approximate surface area is 82.5 Å². The van der Waals surface area contributed by atoms with Crippen LogP contribution in [0.4, 0.5) is 13.2 Å². The molecule has 0 radical (unpaired) electrons. The highest BCUT2D eigenvalue weighted by molar-refractivity contribution is 4.77. The minimum atomic E-state index is -4.08. The lowest BCUT2D eigenvalue weighted by Crippen LogP contribution is -2.45. The van der Waals surface area contributed by atoms with Crippen LogP contribution in [0.1, 0.15) is 19.8 Å². The number of rotatable bonds is 3. The first-order valence-electron chi connectivity index (χ1n) is 5.04. The summed E-state index contributed by atoms with van der Waals surface area (Å²) in [6.45, 7) is 4.03. The van der Waals surface area contributed by atoms with Gasteiger partial charge in [0.15, 0.2) is 0 Å². The second-order valence-electron chi connectivity index (χ2n) is 3.70. The topological polar surface area (TPSA) is 15.3 Å². The molecule has 1 aliphatic rings. The summed E-state index contributed by atoms with van der Waals surface area (Å²) in [6.07, 6.45) is -2.43.